The number of aromatic nitrogens is 2. The zero-order valence-corrected chi connectivity index (χ0v) is 13.9. The van der Waals surface area contributed by atoms with E-state index in [2.05, 4.69) is 32.5 Å². The predicted octanol–water partition coefficient (Wildman–Crippen LogP) is 3.27. The van der Waals surface area contributed by atoms with Crippen molar-refractivity contribution in [2.24, 2.45) is 0 Å². The fraction of sp³-hybridized carbons (Fsp3) is 0.188. The molecular formula is C16H14N4OS2. The van der Waals surface area contributed by atoms with E-state index in [4.69, 9.17) is 0 Å². The van der Waals surface area contributed by atoms with Gasteiger partial charge in [0.2, 0.25) is 11.0 Å². The first kappa shape index (κ1) is 14.3. The Labute approximate surface area is 141 Å². The lowest BCUT2D eigenvalue weighted by atomic mass is 10.2. The standard InChI is InChI=1S/C16H14N4OS2/c21-14(10-20-8-7-11-4-1-2-5-12(11)20)17-16-19-18-15(23-16)13-6-3-9-22-13/h1-6,9H,7-8,10H2,(H,17,19,21). The van der Waals surface area contributed by atoms with Gasteiger partial charge in [0, 0.05) is 12.2 Å². The number of amides is 1. The van der Waals surface area contributed by atoms with Gasteiger partial charge in [-0.05, 0) is 29.5 Å². The summed E-state index contributed by atoms with van der Waals surface area (Å²) in [6.07, 6.45) is 0.991. The van der Waals surface area contributed by atoms with Gasteiger partial charge in [0.15, 0.2) is 5.01 Å². The molecule has 0 saturated heterocycles. The number of benzene rings is 1. The molecule has 0 aliphatic carbocycles. The van der Waals surface area contributed by atoms with Crippen LogP contribution in [0.2, 0.25) is 0 Å². The highest BCUT2D eigenvalue weighted by atomic mass is 32.1. The third kappa shape index (κ3) is 2.97. The van der Waals surface area contributed by atoms with Crippen LogP contribution >= 0.6 is 22.7 Å². The largest absolute Gasteiger partial charge is 0.362 e. The van der Waals surface area contributed by atoms with Crippen LogP contribution in [-0.2, 0) is 11.2 Å². The number of carbonyl (C=O) groups is 1. The molecule has 1 N–H and O–H groups in total. The molecule has 116 valence electrons. The van der Waals surface area contributed by atoms with Crippen LogP contribution < -0.4 is 10.2 Å². The average molecular weight is 342 g/mol. The topological polar surface area (TPSA) is 58.1 Å². The number of hydrogen-bond donors (Lipinski definition) is 1. The van der Waals surface area contributed by atoms with Gasteiger partial charge in [-0.3, -0.25) is 10.1 Å². The molecule has 1 aliphatic rings. The maximum absolute atomic E-state index is 12.3. The van der Waals surface area contributed by atoms with Crippen molar-refractivity contribution in [3.8, 4) is 9.88 Å². The number of hydrogen-bond acceptors (Lipinski definition) is 6. The van der Waals surface area contributed by atoms with E-state index in [1.54, 1.807) is 11.3 Å². The Morgan fingerprint density at radius 3 is 3.00 bits per heavy atom. The number of carbonyl (C=O) groups excluding carboxylic acids is 1. The van der Waals surface area contributed by atoms with E-state index in [1.807, 2.05) is 29.6 Å². The van der Waals surface area contributed by atoms with Crippen molar-refractivity contribution in [2.75, 3.05) is 23.3 Å². The second-order valence-electron chi connectivity index (χ2n) is 5.24. The second-order valence-corrected chi connectivity index (χ2v) is 7.16. The van der Waals surface area contributed by atoms with Crippen LogP contribution in [0, 0.1) is 0 Å². The highest BCUT2D eigenvalue weighted by Gasteiger charge is 2.21. The van der Waals surface area contributed by atoms with E-state index in [0.29, 0.717) is 11.7 Å². The zero-order chi connectivity index (χ0) is 15.6. The first-order valence-corrected chi connectivity index (χ1v) is 8.99. The van der Waals surface area contributed by atoms with E-state index in [9.17, 15) is 4.79 Å². The number of para-hydroxylation sites is 1. The monoisotopic (exact) mass is 342 g/mol. The normalized spacial score (nSPS) is 13.1. The van der Waals surface area contributed by atoms with Crippen LogP contribution in [0.15, 0.2) is 41.8 Å². The van der Waals surface area contributed by atoms with E-state index in [-0.39, 0.29) is 5.91 Å². The summed E-state index contributed by atoms with van der Waals surface area (Å²) >= 11 is 3.01. The van der Waals surface area contributed by atoms with Crippen molar-refractivity contribution < 1.29 is 4.79 Å². The smallest absolute Gasteiger partial charge is 0.245 e. The van der Waals surface area contributed by atoms with Crippen LogP contribution in [0.1, 0.15) is 5.56 Å². The molecule has 0 atom stereocenters. The highest BCUT2D eigenvalue weighted by Crippen LogP contribution is 2.30. The van der Waals surface area contributed by atoms with E-state index >= 15 is 0 Å². The number of nitrogens with one attached hydrogen (secondary N) is 1. The van der Waals surface area contributed by atoms with Gasteiger partial charge in [0.1, 0.15) is 0 Å². The number of fused-ring (bicyclic) bond motifs is 1. The Morgan fingerprint density at radius 1 is 1.22 bits per heavy atom. The van der Waals surface area contributed by atoms with Gasteiger partial charge < -0.3 is 4.90 Å². The third-order valence-corrected chi connectivity index (χ3v) is 5.60. The maximum Gasteiger partial charge on any atom is 0.245 e. The first-order valence-electron chi connectivity index (χ1n) is 7.30. The molecule has 1 aromatic carbocycles. The van der Waals surface area contributed by atoms with E-state index in [0.717, 1.165) is 28.5 Å². The SMILES string of the molecule is O=C(CN1CCc2ccccc21)Nc1nnc(-c2cccs2)s1. The molecule has 0 unspecified atom stereocenters. The quantitative estimate of drug-likeness (QED) is 0.790. The highest BCUT2D eigenvalue weighted by molar-refractivity contribution is 7.23. The van der Waals surface area contributed by atoms with Crippen molar-refractivity contribution in [3.05, 3.63) is 47.3 Å². The van der Waals surface area contributed by atoms with Crippen LogP contribution in [0.3, 0.4) is 0 Å². The van der Waals surface area contributed by atoms with Gasteiger partial charge in [-0.25, -0.2) is 0 Å². The lowest BCUT2D eigenvalue weighted by Crippen LogP contribution is -2.31. The van der Waals surface area contributed by atoms with Gasteiger partial charge in [-0.1, -0.05) is 35.6 Å². The van der Waals surface area contributed by atoms with Gasteiger partial charge in [0.25, 0.3) is 0 Å². The van der Waals surface area contributed by atoms with Crippen molar-refractivity contribution in [1.29, 1.82) is 0 Å². The maximum atomic E-state index is 12.3. The fourth-order valence-corrected chi connectivity index (χ4v) is 4.23. The Kier molecular flexibility index (Phi) is 3.80. The summed E-state index contributed by atoms with van der Waals surface area (Å²) in [4.78, 5) is 15.4. The molecule has 5 nitrogen and oxygen atoms in total. The van der Waals surface area contributed by atoms with Crippen LogP contribution in [0.25, 0.3) is 9.88 Å². The van der Waals surface area contributed by atoms with Gasteiger partial charge in [0.05, 0.1) is 11.4 Å². The fourth-order valence-electron chi connectivity index (χ4n) is 2.68. The number of nitrogens with zero attached hydrogens (tertiary/aromatic N) is 3. The minimum absolute atomic E-state index is 0.0596. The van der Waals surface area contributed by atoms with Gasteiger partial charge in [-0.15, -0.1) is 21.5 Å². The Hall–Kier alpha value is -2.25. The average Bonchev–Trinajstić information content (AvgIpc) is 3.27. The summed E-state index contributed by atoms with van der Waals surface area (Å²) in [5.74, 6) is -0.0596. The summed E-state index contributed by atoms with van der Waals surface area (Å²) in [6.45, 7) is 1.22. The molecule has 4 rings (SSSR count). The molecule has 0 radical (unpaired) electrons. The van der Waals surface area contributed by atoms with Crippen LogP contribution in [0.5, 0.6) is 0 Å². The van der Waals surface area contributed by atoms with Crippen molar-refractivity contribution in [1.82, 2.24) is 10.2 Å². The van der Waals surface area contributed by atoms with Gasteiger partial charge in [-0.2, -0.15) is 0 Å². The molecule has 3 aromatic rings. The predicted molar refractivity (Wildman–Crippen MR) is 94.2 cm³/mol. The molecule has 0 spiro atoms. The number of anilines is 2. The van der Waals surface area contributed by atoms with E-state index < -0.39 is 0 Å². The molecular weight excluding hydrogens is 328 g/mol. The number of rotatable bonds is 4. The van der Waals surface area contributed by atoms with Crippen LogP contribution in [-0.4, -0.2) is 29.2 Å². The first-order chi connectivity index (χ1) is 11.3. The molecule has 1 amide bonds. The third-order valence-electron chi connectivity index (χ3n) is 3.72. The zero-order valence-electron chi connectivity index (χ0n) is 12.2. The van der Waals surface area contributed by atoms with Crippen molar-refractivity contribution in [3.63, 3.8) is 0 Å². The van der Waals surface area contributed by atoms with Crippen LogP contribution in [0.4, 0.5) is 10.8 Å². The molecule has 7 heteroatoms. The molecule has 3 heterocycles. The summed E-state index contributed by atoms with van der Waals surface area (Å²) < 4.78 is 0. The summed E-state index contributed by atoms with van der Waals surface area (Å²) in [5.41, 5.74) is 2.45. The minimum atomic E-state index is -0.0596. The minimum Gasteiger partial charge on any atom is -0.362 e. The molecule has 2 aromatic heterocycles. The second kappa shape index (κ2) is 6.10. The molecule has 0 saturated carbocycles. The van der Waals surface area contributed by atoms with Crippen molar-refractivity contribution in [2.45, 2.75) is 6.42 Å². The molecule has 1 aliphatic heterocycles. The lowest BCUT2D eigenvalue weighted by Gasteiger charge is -2.18. The van der Waals surface area contributed by atoms with Crippen molar-refractivity contribution >= 4 is 39.4 Å². The molecule has 23 heavy (non-hydrogen) atoms. The summed E-state index contributed by atoms with van der Waals surface area (Å²) in [5, 5.41) is 14.4. The molecule has 0 bridgehead atoms. The summed E-state index contributed by atoms with van der Waals surface area (Å²) in [6, 6.07) is 12.2. The molecule has 0 fully saturated rings. The summed E-state index contributed by atoms with van der Waals surface area (Å²) in [7, 11) is 0. The Morgan fingerprint density at radius 2 is 2.13 bits per heavy atom. The lowest BCUT2D eigenvalue weighted by molar-refractivity contribution is -0.115. The van der Waals surface area contributed by atoms with Gasteiger partial charge >= 0.3 is 0 Å². The number of thiophene rings is 1. The van der Waals surface area contributed by atoms with E-state index in [1.165, 1.54) is 16.9 Å². The Balaban J connectivity index is 1.41. The Bertz CT molecular complexity index is 828.